The Morgan fingerprint density at radius 2 is 1.71 bits per heavy atom. The molecule has 1 aliphatic carbocycles. The predicted molar refractivity (Wildman–Crippen MR) is 113 cm³/mol. The number of benzene rings is 1. The lowest BCUT2D eigenvalue weighted by Gasteiger charge is -2.24. The molecule has 1 aromatic carbocycles. The Morgan fingerprint density at radius 1 is 1.03 bits per heavy atom. The Hall–Kier alpha value is -2.28. The number of hydrogen-bond acceptors (Lipinski definition) is 7. The van der Waals surface area contributed by atoms with E-state index in [1.54, 1.807) is 12.1 Å². The highest BCUT2D eigenvalue weighted by molar-refractivity contribution is 7.53. The maximum atomic E-state index is 14.2. The standard InChI is InChI=1S/C22H28FO7P/c1-27-21(24)19(13-20(23)22(25)28-2)16-31(26,29-14-17-9-5-3-6-10-17)30-15-18-11-7-4-8-12-18/h3,5-7,9-12,19-20H,4,8,13-16H2,1-2H3. The van der Waals surface area contributed by atoms with Gasteiger partial charge < -0.3 is 18.5 Å². The van der Waals surface area contributed by atoms with Crippen LogP contribution in [0.25, 0.3) is 0 Å². The molecule has 0 aliphatic heterocycles. The van der Waals surface area contributed by atoms with Crippen LogP contribution in [0.3, 0.4) is 0 Å². The summed E-state index contributed by atoms with van der Waals surface area (Å²) in [5.41, 5.74) is 1.60. The van der Waals surface area contributed by atoms with Gasteiger partial charge in [-0.1, -0.05) is 48.6 Å². The van der Waals surface area contributed by atoms with Crippen LogP contribution < -0.4 is 0 Å². The molecule has 3 atom stereocenters. The molecule has 0 fully saturated rings. The third-order valence-corrected chi connectivity index (χ3v) is 6.63. The molecule has 31 heavy (non-hydrogen) atoms. The van der Waals surface area contributed by atoms with Crippen molar-refractivity contribution in [2.24, 2.45) is 5.92 Å². The van der Waals surface area contributed by atoms with E-state index in [9.17, 15) is 18.5 Å². The first-order valence-corrected chi connectivity index (χ1v) is 11.7. The molecule has 0 bridgehead atoms. The number of carbonyl (C=O) groups is 2. The van der Waals surface area contributed by atoms with Gasteiger partial charge >= 0.3 is 19.5 Å². The Morgan fingerprint density at radius 3 is 2.32 bits per heavy atom. The first-order chi connectivity index (χ1) is 14.9. The van der Waals surface area contributed by atoms with Gasteiger partial charge in [-0.2, -0.15) is 0 Å². The Bertz CT molecular complexity index is 838. The minimum Gasteiger partial charge on any atom is -0.469 e. The molecule has 9 heteroatoms. The van der Waals surface area contributed by atoms with Gasteiger partial charge in [-0.25, -0.2) is 9.18 Å². The van der Waals surface area contributed by atoms with Gasteiger partial charge in [0, 0.05) is 6.42 Å². The summed E-state index contributed by atoms with van der Waals surface area (Å²) in [5, 5.41) is 0. The zero-order valence-electron chi connectivity index (χ0n) is 17.7. The van der Waals surface area contributed by atoms with Crippen LogP contribution in [-0.4, -0.2) is 45.1 Å². The summed E-state index contributed by atoms with van der Waals surface area (Å²) in [4.78, 5) is 23.7. The number of halogens is 1. The third-order valence-electron chi connectivity index (χ3n) is 4.70. The highest BCUT2D eigenvalue weighted by Crippen LogP contribution is 2.51. The van der Waals surface area contributed by atoms with Gasteiger partial charge in [0.05, 0.1) is 39.5 Å². The van der Waals surface area contributed by atoms with Crippen molar-refractivity contribution < 1.29 is 37.1 Å². The molecular formula is C22H28FO7P. The molecule has 0 spiro atoms. The van der Waals surface area contributed by atoms with Crippen LogP contribution in [0.1, 0.15) is 24.8 Å². The fourth-order valence-corrected chi connectivity index (χ4v) is 4.81. The second kappa shape index (κ2) is 12.5. The molecule has 0 N–H and O–H groups in total. The van der Waals surface area contributed by atoms with Gasteiger partial charge in [0.25, 0.3) is 0 Å². The first-order valence-electron chi connectivity index (χ1n) is 9.94. The van der Waals surface area contributed by atoms with Crippen LogP contribution in [0.5, 0.6) is 0 Å². The first kappa shape index (κ1) is 25.0. The molecule has 1 aromatic rings. The Kier molecular flexibility index (Phi) is 10.1. The van der Waals surface area contributed by atoms with Gasteiger partial charge in [0.15, 0.2) is 6.17 Å². The monoisotopic (exact) mass is 454 g/mol. The number of alkyl halides is 1. The number of rotatable bonds is 12. The van der Waals surface area contributed by atoms with E-state index in [4.69, 9.17) is 13.8 Å². The number of ether oxygens (including phenoxy) is 2. The van der Waals surface area contributed by atoms with Crippen molar-refractivity contribution in [3.05, 3.63) is 59.7 Å². The Balaban J connectivity index is 2.17. The summed E-state index contributed by atoms with van der Waals surface area (Å²) in [5.74, 6) is -3.14. The number of esters is 2. The number of hydrogen-bond donors (Lipinski definition) is 0. The molecular weight excluding hydrogens is 426 g/mol. The van der Waals surface area contributed by atoms with E-state index in [1.807, 2.05) is 36.4 Å². The summed E-state index contributed by atoms with van der Waals surface area (Å²) in [7, 11) is -1.68. The lowest BCUT2D eigenvalue weighted by molar-refractivity contribution is -0.150. The maximum absolute atomic E-state index is 14.2. The largest absolute Gasteiger partial charge is 0.469 e. The number of allylic oxidation sites excluding steroid dienone is 2. The van der Waals surface area contributed by atoms with E-state index in [1.165, 1.54) is 0 Å². The topological polar surface area (TPSA) is 88.1 Å². The lowest BCUT2D eigenvalue weighted by Crippen LogP contribution is -2.28. The second-order valence-electron chi connectivity index (χ2n) is 7.03. The molecule has 1 aliphatic rings. The average Bonchev–Trinajstić information content (AvgIpc) is 2.81. The van der Waals surface area contributed by atoms with E-state index in [-0.39, 0.29) is 13.2 Å². The highest BCUT2D eigenvalue weighted by atomic mass is 31.2. The van der Waals surface area contributed by atoms with Crippen LogP contribution in [-0.2, 0) is 39.3 Å². The van der Waals surface area contributed by atoms with Crippen LogP contribution in [0.2, 0.25) is 0 Å². The molecule has 0 heterocycles. The van der Waals surface area contributed by atoms with E-state index in [2.05, 4.69) is 4.74 Å². The van der Waals surface area contributed by atoms with Gasteiger partial charge in [-0.15, -0.1) is 0 Å². The van der Waals surface area contributed by atoms with Crippen molar-refractivity contribution in [3.63, 3.8) is 0 Å². The maximum Gasteiger partial charge on any atom is 0.340 e. The summed E-state index contributed by atoms with van der Waals surface area (Å²) in [6, 6.07) is 9.04. The van der Waals surface area contributed by atoms with Crippen LogP contribution in [0.4, 0.5) is 4.39 Å². The summed E-state index contributed by atoms with van der Waals surface area (Å²) in [6.07, 6.45) is 4.53. The molecule has 2 rings (SSSR count). The van der Waals surface area contributed by atoms with Gasteiger partial charge in [0.1, 0.15) is 0 Å². The van der Waals surface area contributed by atoms with Crippen molar-refractivity contribution in [2.75, 3.05) is 27.0 Å². The van der Waals surface area contributed by atoms with Crippen LogP contribution in [0, 0.1) is 5.92 Å². The zero-order chi connectivity index (χ0) is 22.7. The third kappa shape index (κ3) is 8.40. The smallest absolute Gasteiger partial charge is 0.340 e. The van der Waals surface area contributed by atoms with Crippen LogP contribution >= 0.6 is 7.60 Å². The molecule has 3 unspecified atom stereocenters. The van der Waals surface area contributed by atoms with Crippen LogP contribution in [0.15, 0.2) is 54.1 Å². The van der Waals surface area contributed by atoms with Gasteiger partial charge in [0.2, 0.25) is 0 Å². The van der Waals surface area contributed by atoms with Crippen molar-refractivity contribution in [1.29, 1.82) is 0 Å². The van der Waals surface area contributed by atoms with Crippen molar-refractivity contribution in [1.82, 2.24) is 0 Å². The number of methoxy groups -OCH3 is 2. The number of carbonyl (C=O) groups excluding carboxylic acids is 2. The van der Waals surface area contributed by atoms with Crippen molar-refractivity contribution in [2.45, 2.75) is 32.0 Å². The van der Waals surface area contributed by atoms with E-state index in [0.29, 0.717) is 0 Å². The molecule has 0 radical (unpaired) electrons. The van der Waals surface area contributed by atoms with E-state index in [0.717, 1.165) is 38.2 Å². The van der Waals surface area contributed by atoms with Gasteiger partial charge in [-0.3, -0.25) is 9.36 Å². The minimum atomic E-state index is -3.86. The average molecular weight is 454 g/mol. The molecule has 0 saturated heterocycles. The molecule has 0 amide bonds. The molecule has 7 nitrogen and oxygen atoms in total. The summed E-state index contributed by atoms with van der Waals surface area (Å²) >= 11 is 0. The molecule has 0 saturated carbocycles. The Labute approximate surface area is 181 Å². The van der Waals surface area contributed by atoms with E-state index >= 15 is 0 Å². The fraction of sp³-hybridized carbons (Fsp3) is 0.455. The van der Waals surface area contributed by atoms with Crippen molar-refractivity contribution in [3.8, 4) is 0 Å². The lowest BCUT2D eigenvalue weighted by atomic mass is 10.0. The minimum absolute atomic E-state index is 0.0169. The second-order valence-corrected chi connectivity index (χ2v) is 9.13. The summed E-state index contributed by atoms with van der Waals surface area (Å²) in [6.45, 7) is 0.00344. The quantitative estimate of drug-likeness (QED) is 0.342. The SMILES string of the molecule is COC(=O)C(F)CC(CP(=O)(OCC1=CCCC=C1)OCc1ccccc1)C(=O)OC. The molecule has 0 aromatic heterocycles. The van der Waals surface area contributed by atoms with Crippen molar-refractivity contribution >= 4 is 19.5 Å². The fourth-order valence-electron chi connectivity index (χ4n) is 2.99. The van der Waals surface area contributed by atoms with Gasteiger partial charge in [-0.05, 0) is 24.0 Å². The summed E-state index contributed by atoms with van der Waals surface area (Å²) < 4.78 is 48.1. The van der Waals surface area contributed by atoms with E-state index < -0.39 is 44.2 Å². The molecule has 170 valence electrons. The highest BCUT2D eigenvalue weighted by Gasteiger charge is 2.37. The predicted octanol–water partition coefficient (Wildman–Crippen LogP) is 4.38. The normalized spacial score (nSPS) is 17.2. The zero-order valence-corrected chi connectivity index (χ0v) is 18.6.